The van der Waals surface area contributed by atoms with Gasteiger partial charge < -0.3 is 10.6 Å². The predicted molar refractivity (Wildman–Crippen MR) is 76.7 cm³/mol. The van der Waals surface area contributed by atoms with Crippen molar-refractivity contribution < 1.29 is 9.18 Å². The van der Waals surface area contributed by atoms with Crippen LogP contribution in [-0.2, 0) is 11.3 Å². The molecule has 1 atom stereocenters. The van der Waals surface area contributed by atoms with E-state index in [9.17, 15) is 9.18 Å². The highest BCUT2D eigenvalue weighted by molar-refractivity contribution is 7.99. The van der Waals surface area contributed by atoms with Gasteiger partial charge in [0.05, 0.1) is 0 Å². The molecule has 0 aliphatic carbocycles. The SMILES string of the molecule is Cc1ccc(CNC(=O)CC2CSCCN2)cc1F. The van der Waals surface area contributed by atoms with Crippen molar-refractivity contribution in [3.63, 3.8) is 0 Å². The van der Waals surface area contributed by atoms with E-state index in [4.69, 9.17) is 0 Å². The Morgan fingerprint density at radius 3 is 3.11 bits per heavy atom. The summed E-state index contributed by atoms with van der Waals surface area (Å²) in [4.78, 5) is 11.8. The van der Waals surface area contributed by atoms with E-state index in [-0.39, 0.29) is 17.8 Å². The Morgan fingerprint density at radius 1 is 1.58 bits per heavy atom. The van der Waals surface area contributed by atoms with E-state index in [1.807, 2.05) is 17.8 Å². The lowest BCUT2D eigenvalue weighted by atomic mass is 10.1. The molecule has 1 aliphatic heterocycles. The van der Waals surface area contributed by atoms with Crippen LogP contribution in [0, 0.1) is 12.7 Å². The monoisotopic (exact) mass is 282 g/mol. The molecule has 3 nitrogen and oxygen atoms in total. The van der Waals surface area contributed by atoms with Crippen LogP contribution in [0.5, 0.6) is 0 Å². The van der Waals surface area contributed by atoms with Crippen molar-refractivity contribution in [2.24, 2.45) is 0 Å². The van der Waals surface area contributed by atoms with Gasteiger partial charge >= 0.3 is 0 Å². The van der Waals surface area contributed by atoms with Gasteiger partial charge in [0.25, 0.3) is 0 Å². The third kappa shape index (κ3) is 4.51. The Morgan fingerprint density at radius 2 is 2.42 bits per heavy atom. The highest BCUT2D eigenvalue weighted by Crippen LogP contribution is 2.11. The Hall–Kier alpha value is -1.07. The van der Waals surface area contributed by atoms with Crippen molar-refractivity contribution in [2.75, 3.05) is 18.1 Å². The highest BCUT2D eigenvalue weighted by Gasteiger charge is 2.16. The van der Waals surface area contributed by atoms with Gasteiger partial charge in [-0.3, -0.25) is 4.79 Å². The molecule has 5 heteroatoms. The molecule has 2 rings (SSSR count). The maximum absolute atomic E-state index is 13.4. The Labute approximate surface area is 117 Å². The summed E-state index contributed by atoms with van der Waals surface area (Å²) in [6.45, 7) is 3.08. The zero-order valence-corrected chi connectivity index (χ0v) is 11.9. The average molecular weight is 282 g/mol. The molecule has 1 saturated heterocycles. The first kappa shape index (κ1) is 14.3. The summed E-state index contributed by atoms with van der Waals surface area (Å²) in [5, 5.41) is 6.16. The lowest BCUT2D eigenvalue weighted by molar-refractivity contribution is -0.121. The molecule has 2 N–H and O–H groups in total. The zero-order chi connectivity index (χ0) is 13.7. The number of hydrogen-bond donors (Lipinski definition) is 2. The molecule has 1 aliphatic rings. The molecule has 1 unspecified atom stereocenters. The number of benzene rings is 1. The predicted octanol–water partition coefficient (Wildman–Crippen LogP) is 1.85. The molecule has 1 fully saturated rings. The van der Waals surface area contributed by atoms with Crippen LogP contribution in [0.3, 0.4) is 0 Å². The number of nitrogens with one attached hydrogen (secondary N) is 2. The molecule has 0 aromatic heterocycles. The fourth-order valence-electron chi connectivity index (χ4n) is 1.99. The number of aryl methyl sites for hydroxylation is 1. The normalized spacial score (nSPS) is 19.2. The molecule has 0 radical (unpaired) electrons. The van der Waals surface area contributed by atoms with Gasteiger partial charge in [-0.2, -0.15) is 11.8 Å². The fourth-order valence-corrected chi connectivity index (χ4v) is 2.94. The van der Waals surface area contributed by atoms with E-state index in [0.29, 0.717) is 18.5 Å². The van der Waals surface area contributed by atoms with Crippen LogP contribution in [0.4, 0.5) is 4.39 Å². The van der Waals surface area contributed by atoms with Crippen molar-refractivity contribution in [1.82, 2.24) is 10.6 Å². The van der Waals surface area contributed by atoms with Crippen molar-refractivity contribution >= 4 is 17.7 Å². The molecule has 1 amide bonds. The van der Waals surface area contributed by atoms with Gasteiger partial charge in [-0.15, -0.1) is 0 Å². The summed E-state index contributed by atoms with van der Waals surface area (Å²) < 4.78 is 13.4. The van der Waals surface area contributed by atoms with E-state index in [1.165, 1.54) is 6.07 Å². The summed E-state index contributed by atoms with van der Waals surface area (Å²) in [6, 6.07) is 5.31. The van der Waals surface area contributed by atoms with Crippen LogP contribution in [0.15, 0.2) is 18.2 Å². The van der Waals surface area contributed by atoms with Gasteiger partial charge in [0.1, 0.15) is 5.82 Å². The zero-order valence-electron chi connectivity index (χ0n) is 11.0. The van der Waals surface area contributed by atoms with E-state index < -0.39 is 0 Å². The molecular weight excluding hydrogens is 263 g/mol. The number of thioether (sulfide) groups is 1. The van der Waals surface area contributed by atoms with Gasteiger partial charge in [0.15, 0.2) is 0 Å². The van der Waals surface area contributed by atoms with E-state index >= 15 is 0 Å². The van der Waals surface area contributed by atoms with Crippen LogP contribution in [0.1, 0.15) is 17.5 Å². The standard InChI is InChI=1S/C14H19FN2OS/c1-10-2-3-11(6-13(10)15)8-17-14(18)7-12-9-19-5-4-16-12/h2-3,6,12,16H,4-5,7-9H2,1H3,(H,17,18). The maximum Gasteiger partial charge on any atom is 0.221 e. The third-order valence-electron chi connectivity index (χ3n) is 3.16. The molecule has 0 saturated carbocycles. The van der Waals surface area contributed by atoms with Gasteiger partial charge in [0, 0.05) is 37.1 Å². The lowest BCUT2D eigenvalue weighted by Crippen LogP contribution is -2.41. The van der Waals surface area contributed by atoms with Crippen molar-refractivity contribution in [3.05, 3.63) is 35.1 Å². The minimum atomic E-state index is -0.225. The van der Waals surface area contributed by atoms with Crippen LogP contribution in [0.2, 0.25) is 0 Å². The minimum absolute atomic E-state index is 0.0148. The van der Waals surface area contributed by atoms with Crippen LogP contribution >= 0.6 is 11.8 Å². The largest absolute Gasteiger partial charge is 0.352 e. The fraction of sp³-hybridized carbons (Fsp3) is 0.500. The van der Waals surface area contributed by atoms with Crippen LogP contribution in [-0.4, -0.2) is 30.0 Å². The first-order valence-corrected chi connectivity index (χ1v) is 7.63. The molecule has 0 spiro atoms. The number of rotatable bonds is 4. The topological polar surface area (TPSA) is 41.1 Å². The van der Waals surface area contributed by atoms with E-state index in [0.717, 1.165) is 23.6 Å². The second-order valence-electron chi connectivity index (χ2n) is 4.79. The van der Waals surface area contributed by atoms with Gasteiger partial charge in [-0.05, 0) is 24.1 Å². The quantitative estimate of drug-likeness (QED) is 0.885. The smallest absolute Gasteiger partial charge is 0.221 e. The number of carbonyl (C=O) groups excluding carboxylic acids is 1. The van der Waals surface area contributed by atoms with E-state index in [1.54, 1.807) is 13.0 Å². The molecule has 104 valence electrons. The molecule has 1 aromatic rings. The lowest BCUT2D eigenvalue weighted by Gasteiger charge is -2.22. The molecule has 0 bridgehead atoms. The summed E-state index contributed by atoms with van der Waals surface area (Å²) in [5.74, 6) is 1.88. The Bertz CT molecular complexity index is 447. The van der Waals surface area contributed by atoms with Gasteiger partial charge in [0.2, 0.25) is 5.91 Å². The summed E-state index contributed by atoms with van der Waals surface area (Å²) in [7, 11) is 0. The first-order chi connectivity index (χ1) is 9.15. The molecular formula is C14H19FN2OS. The molecule has 1 aromatic carbocycles. The second-order valence-corrected chi connectivity index (χ2v) is 5.94. The average Bonchev–Trinajstić information content (AvgIpc) is 2.41. The number of halogens is 1. The van der Waals surface area contributed by atoms with E-state index in [2.05, 4.69) is 10.6 Å². The minimum Gasteiger partial charge on any atom is -0.352 e. The third-order valence-corrected chi connectivity index (χ3v) is 4.29. The Kier molecular flexibility index (Phi) is 5.22. The molecule has 19 heavy (non-hydrogen) atoms. The van der Waals surface area contributed by atoms with Gasteiger partial charge in [-0.1, -0.05) is 12.1 Å². The van der Waals surface area contributed by atoms with Crippen LogP contribution < -0.4 is 10.6 Å². The maximum atomic E-state index is 13.4. The van der Waals surface area contributed by atoms with Crippen LogP contribution in [0.25, 0.3) is 0 Å². The highest BCUT2D eigenvalue weighted by atomic mass is 32.2. The second kappa shape index (κ2) is 6.91. The number of carbonyl (C=O) groups is 1. The summed E-state index contributed by atoms with van der Waals surface area (Å²) in [6.07, 6.45) is 0.487. The first-order valence-electron chi connectivity index (χ1n) is 6.48. The number of hydrogen-bond acceptors (Lipinski definition) is 3. The number of amides is 1. The summed E-state index contributed by atoms with van der Waals surface area (Å²) in [5.41, 5.74) is 1.42. The summed E-state index contributed by atoms with van der Waals surface area (Å²) >= 11 is 1.87. The Balaban J connectivity index is 1.77. The van der Waals surface area contributed by atoms with Crippen molar-refractivity contribution in [3.8, 4) is 0 Å². The van der Waals surface area contributed by atoms with Gasteiger partial charge in [-0.25, -0.2) is 4.39 Å². The molecule has 1 heterocycles. The van der Waals surface area contributed by atoms with Crippen molar-refractivity contribution in [1.29, 1.82) is 0 Å². The van der Waals surface area contributed by atoms with Crippen molar-refractivity contribution in [2.45, 2.75) is 25.9 Å².